The lowest BCUT2D eigenvalue weighted by Crippen LogP contribution is -2.40. The van der Waals surface area contributed by atoms with Gasteiger partial charge in [0.1, 0.15) is 5.75 Å². The number of aliphatic hydroxyl groups excluding tert-OH is 1. The molecule has 1 aliphatic carbocycles. The molecule has 2 aromatic carbocycles. The smallest absolute Gasteiger partial charge is 0.392 e. The Hall–Kier alpha value is -2.75. The summed E-state index contributed by atoms with van der Waals surface area (Å²) in [4.78, 5) is 13.2. The molecule has 1 amide bonds. The van der Waals surface area contributed by atoms with E-state index in [-0.39, 0.29) is 23.4 Å². The number of halogens is 5. The third kappa shape index (κ3) is 6.77. The molecule has 1 aliphatic rings. The number of benzene rings is 2. The van der Waals surface area contributed by atoms with Crippen molar-refractivity contribution in [3.8, 4) is 22.7 Å². The zero-order valence-electron chi connectivity index (χ0n) is 20.0. The zero-order chi connectivity index (χ0) is 26.7. The summed E-state index contributed by atoms with van der Waals surface area (Å²) in [6.45, 7) is 1.28. The van der Waals surface area contributed by atoms with Crippen LogP contribution in [0.2, 0.25) is 10.0 Å². The number of rotatable bonds is 7. The molecular weight excluding hydrogens is 530 g/mol. The first-order chi connectivity index (χ1) is 17.5. The molecule has 1 aromatic heterocycles. The van der Waals surface area contributed by atoms with E-state index in [0.29, 0.717) is 39.0 Å². The summed E-state index contributed by atoms with van der Waals surface area (Å²) in [5.74, 6) is -0.0798. The van der Waals surface area contributed by atoms with Gasteiger partial charge in [0.05, 0.1) is 35.5 Å². The molecule has 4 rings (SSSR count). The first-order valence-electron chi connectivity index (χ1n) is 11.9. The van der Waals surface area contributed by atoms with Crippen LogP contribution < -0.4 is 10.1 Å². The highest BCUT2D eigenvalue weighted by molar-refractivity contribution is 6.35. The number of alkyl halides is 3. The second-order valence-electron chi connectivity index (χ2n) is 9.06. The molecule has 1 fully saturated rings. The maximum Gasteiger partial charge on any atom is 0.392 e. The average molecular weight is 556 g/mol. The second kappa shape index (κ2) is 11.3. The molecule has 0 saturated heterocycles. The molecule has 2 N–H and O–H groups in total. The van der Waals surface area contributed by atoms with Crippen LogP contribution >= 0.6 is 23.2 Å². The minimum absolute atomic E-state index is 0.156. The van der Waals surface area contributed by atoms with Crippen LogP contribution in [-0.4, -0.2) is 45.7 Å². The number of ether oxygens (including phenoxy) is 1. The van der Waals surface area contributed by atoms with Gasteiger partial charge in [-0.25, -0.2) is 4.68 Å². The summed E-state index contributed by atoms with van der Waals surface area (Å²) in [6.07, 6.45) is -3.00. The lowest BCUT2D eigenvalue weighted by Gasteiger charge is -2.26. The average Bonchev–Trinajstić information content (AvgIpc) is 3.15. The number of carbonyl (C=O) groups excluding carboxylic acids is 1. The van der Waals surface area contributed by atoms with Gasteiger partial charge in [0.15, 0.2) is 5.69 Å². The Balaban J connectivity index is 1.67. The summed E-state index contributed by atoms with van der Waals surface area (Å²) in [5.41, 5.74) is 2.53. The fourth-order valence-electron chi connectivity index (χ4n) is 4.42. The standard InChI is InChI=1S/C26H26Cl2F3N3O3/c1-15-23(25(36)32-18-3-2-4-19(35)14-18)33-34(22-10-7-17(27)13-21(22)28)24(15)16-5-8-20(9-6-16)37-12-11-26(29,30)31/h5-10,13,18-19,35H,2-4,11-12,14H2,1H3,(H,32,36). The Morgan fingerprint density at radius 3 is 2.57 bits per heavy atom. The number of amides is 1. The normalized spacial score (nSPS) is 18.0. The third-order valence-electron chi connectivity index (χ3n) is 6.24. The van der Waals surface area contributed by atoms with Crippen molar-refractivity contribution in [3.63, 3.8) is 0 Å². The van der Waals surface area contributed by atoms with E-state index in [1.54, 1.807) is 54.1 Å². The zero-order valence-corrected chi connectivity index (χ0v) is 21.5. The molecule has 11 heteroatoms. The van der Waals surface area contributed by atoms with Gasteiger partial charge in [-0.15, -0.1) is 0 Å². The van der Waals surface area contributed by atoms with E-state index >= 15 is 0 Å². The first kappa shape index (κ1) is 27.3. The minimum atomic E-state index is -4.30. The van der Waals surface area contributed by atoms with E-state index in [0.717, 1.165) is 19.3 Å². The van der Waals surface area contributed by atoms with Crippen LogP contribution in [0.15, 0.2) is 42.5 Å². The predicted octanol–water partition coefficient (Wildman–Crippen LogP) is 6.52. The van der Waals surface area contributed by atoms with Crippen LogP contribution in [0.4, 0.5) is 13.2 Å². The number of nitrogens with zero attached hydrogens (tertiary/aromatic N) is 2. The maximum absolute atomic E-state index is 13.2. The first-order valence-corrected chi connectivity index (χ1v) is 12.6. The molecule has 1 heterocycles. The minimum Gasteiger partial charge on any atom is -0.493 e. The Bertz CT molecular complexity index is 1260. The van der Waals surface area contributed by atoms with Gasteiger partial charge in [-0.05, 0) is 75.1 Å². The van der Waals surface area contributed by atoms with Gasteiger partial charge in [0, 0.05) is 22.2 Å². The number of carbonyl (C=O) groups is 1. The van der Waals surface area contributed by atoms with Gasteiger partial charge in [0.2, 0.25) is 0 Å². The van der Waals surface area contributed by atoms with Crippen molar-refractivity contribution in [2.45, 2.75) is 57.3 Å². The summed E-state index contributed by atoms with van der Waals surface area (Å²) in [7, 11) is 0. The van der Waals surface area contributed by atoms with Crippen LogP contribution in [0.5, 0.6) is 5.75 Å². The Kier molecular flexibility index (Phi) is 8.36. The van der Waals surface area contributed by atoms with Crippen LogP contribution in [0.3, 0.4) is 0 Å². The largest absolute Gasteiger partial charge is 0.493 e. The van der Waals surface area contributed by atoms with Gasteiger partial charge < -0.3 is 15.2 Å². The van der Waals surface area contributed by atoms with Crippen molar-refractivity contribution in [2.75, 3.05) is 6.61 Å². The van der Waals surface area contributed by atoms with Gasteiger partial charge in [-0.2, -0.15) is 18.3 Å². The second-order valence-corrected chi connectivity index (χ2v) is 9.90. The van der Waals surface area contributed by atoms with Gasteiger partial charge in [-0.1, -0.05) is 23.2 Å². The molecule has 1 saturated carbocycles. The number of aliphatic hydroxyl groups is 1. The SMILES string of the molecule is Cc1c(C(=O)NC2CCCC(O)C2)nn(-c2ccc(Cl)cc2Cl)c1-c1ccc(OCCC(F)(F)F)cc1. The van der Waals surface area contributed by atoms with Crippen LogP contribution in [0, 0.1) is 6.92 Å². The molecular formula is C26H26Cl2F3N3O3. The molecule has 37 heavy (non-hydrogen) atoms. The molecule has 0 aliphatic heterocycles. The number of nitrogens with one attached hydrogen (secondary N) is 1. The lowest BCUT2D eigenvalue weighted by molar-refractivity contribution is -0.139. The van der Waals surface area contributed by atoms with Crippen molar-refractivity contribution >= 4 is 29.1 Å². The van der Waals surface area contributed by atoms with E-state index in [2.05, 4.69) is 10.4 Å². The Morgan fingerprint density at radius 1 is 1.19 bits per heavy atom. The Morgan fingerprint density at radius 2 is 1.92 bits per heavy atom. The molecule has 0 bridgehead atoms. The van der Waals surface area contributed by atoms with Crippen molar-refractivity contribution < 1.29 is 27.8 Å². The van der Waals surface area contributed by atoms with Crippen LogP contribution in [0.1, 0.15) is 48.2 Å². The highest BCUT2D eigenvalue weighted by Gasteiger charge is 2.28. The number of hydrogen-bond donors (Lipinski definition) is 2. The predicted molar refractivity (Wildman–Crippen MR) is 136 cm³/mol. The van der Waals surface area contributed by atoms with Gasteiger partial charge in [-0.3, -0.25) is 4.79 Å². The highest BCUT2D eigenvalue weighted by Crippen LogP contribution is 2.34. The molecule has 2 unspecified atom stereocenters. The summed E-state index contributed by atoms with van der Waals surface area (Å²) < 4.78 is 44.1. The highest BCUT2D eigenvalue weighted by atomic mass is 35.5. The van der Waals surface area contributed by atoms with Crippen LogP contribution in [0.25, 0.3) is 16.9 Å². The number of hydrogen-bond acceptors (Lipinski definition) is 4. The topological polar surface area (TPSA) is 76.4 Å². The van der Waals surface area contributed by atoms with E-state index in [9.17, 15) is 23.1 Å². The molecule has 0 radical (unpaired) electrons. The summed E-state index contributed by atoms with van der Waals surface area (Å²) >= 11 is 12.5. The molecule has 6 nitrogen and oxygen atoms in total. The molecule has 0 spiro atoms. The van der Waals surface area contributed by atoms with Gasteiger partial charge >= 0.3 is 6.18 Å². The van der Waals surface area contributed by atoms with E-state index in [1.807, 2.05) is 0 Å². The monoisotopic (exact) mass is 555 g/mol. The molecule has 2 atom stereocenters. The van der Waals surface area contributed by atoms with E-state index < -0.39 is 25.3 Å². The van der Waals surface area contributed by atoms with E-state index in [1.165, 1.54) is 0 Å². The third-order valence-corrected chi connectivity index (χ3v) is 6.78. The van der Waals surface area contributed by atoms with Crippen molar-refractivity contribution in [1.29, 1.82) is 0 Å². The fourth-order valence-corrected chi connectivity index (χ4v) is 4.91. The van der Waals surface area contributed by atoms with Gasteiger partial charge in [0.25, 0.3) is 5.91 Å². The fraction of sp³-hybridized carbons (Fsp3) is 0.385. The summed E-state index contributed by atoms with van der Waals surface area (Å²) in [6, 6.07) is 11.3. The van der Waals surface area contributed by atoms with Crippen molar-refractivity contribution in [2.24, 2.45) is 0 Å². The Labute approximate surface area is 222 Å². The quantitative estimate of drug-likeness (QED) is 0.348. The maximum atomic E-state index is 13.2. The number of aromatic nitrogens is 2. The van der Waals surface area contributed by atoms with Crippen molar-refractivity contribution in [3.05, 3.63) is 63.8 Å². The molecule has 3 aromatic rings. The lowest BCUT2D eigenvalue weighted by atomic mass is 9.93. The van der Waals surface area contributed by atoms with E-state index in [4.69, 9.17) is 27.9 Å². The van der Waals surface area contributed by atoms with Crippen molar-refractivity contribution in [1.82, 2.24) is 15.1 Å². The molecule has 198 valence electrons. The van der Waals surface area contributed by atoms with Crippen LogP contribution in [-0.2, 0) is 0 Å². The summed E-state index contributed by atoms with van der Waals surface area (Å²) in [5, 5.41) is 18.3.